The van der Waals surface area contributed by atoms with Gasteiger partial charge in [0.05, 0.1) is 29.4 Å². The van der Waals surface area contributed by atoms with Crippen LogP contribution in [0, 0.1) is 6.92 Å². The third-order valence-electron chi connectivity index (χ3n) is 4.42. The first-order valence-corrected chi connectivity index (χ1v) is 9.83. The van der Waals surface area contributed by atoms with Crippen LogP contribution in [0.15, 0.2) is 72.8 Å². The Morgan fingerprint density at radius 1 is 1.00 bits per heavy atom. The topological polar surface area (TPSA) is 50.4 Å². The molecule has 4 nitrogen and oxygen atoms in total. The minimum absolute atomic E-state index is 0.140. The summed E-state index contributed by atoms with van der Waals surface area (Å²) in [7, 11) is 1.34. The van der Waals surface area contributed by atoms with E-state index in [-0.39, 0.29) is 6.04 Å². The Hall–Kier alpha value is -2.89. The molecular weight excluding hydrogens is 404 g/mol. The molecule has 0 saturated heterocycles. The molecule has 3 rings (SSSR count). The van der Waals surface area contributed by atoms with Crippen molar-refractivity contribution in [2.75, 3.05) is 12.4 Å². The quantitative estimate of drug-likeness (QED) is 0.417. The number of aryl methyl sites for hydroxylation is 1. The summed E-state index contributed by atoms with van der Waals surface area (Å²) in [6.45, 7) is 2.06. The second kappa shape index (κ2) is 9.54. The van der Waals surface area contributed by atoms with Crippen molar-refractivity contribution >= 4 is 40.6 Å². The molecule has 3 aromatic rings. The van der Waals surface area contributed by atoms with Crippen molar-refractivity contribution in [1.82, 2.24) is 5.32 Å². The molecule has 29 heavy (non-hydrogen) atoms. The molecule has 0 bridgehead atoms. The molecule has 3 aromatic carbocycles. The normalized spacial score (nSPS) is 11.4. The number of rotatable bonds is 5. The maximum Gasteiger partial charge on any atom is 0.337 e. The fraction of sp³-hybridized carbons (Fsp3) is 0.130. The van der Waals surface area contributed by atoms with Gasteiger partial charge in [0.1, 0.15) is 0 Å². The summed E-state index contributed by atoms with van der Waals surface area (Å²) < 4.78 is 4.77. The Labute approximate surface area is 180 Å². The second-order valence-corrected chi connectivity index (χ2v) is 7.36. The molecule has 0 aliphatic carbocycles. The van der Waals surface area contributed by atoms with E-state index in [2.05, 4.69) is 35.8 Å². The van der Waals surface area contributed by atoms with Gasteiger partial charge in [0, 0.05) is 0 Å². The molecule has 2 N–H and O–H groups in total. The number of halogens is 1. The monoisotopic (exact) mass is 424 g/mol. The van der Waals surface area contributed by atoms with Crippen molar-refractivity contribution < 1.29 is 9.53 Å². The molecular formula is C23H21ClN2O2S. The Balaban J connectivity index is 1.85. The van der Waals surface area contributed by atoms with E-state index in [1.54, 1.807) is 18.2 Å². The molecule has 1 atom stereocenters. The van der Waals surface area contributed by atoms with Gasteiger partial charge in [-0.25, -0.2) is 4.79 Å². The van der Waals surface area contributed by atoms with E-state index in [0.717, 1.165) is 16.7 Å². The molecule has 0 spiro atoms. The highest BCUT2D eigenvalue weighted by molar-refractivity contribution is 7.80. The van der Waals surface area contributed by atoms with E-state index < -0.39 is 5.97 Å². The van der Waals surface area contributed by atoms with Gasteiger partial charge in [-0.05, 0) is 48.5 Å². The first-order chi connectivity index (χ1) is 14.0. The summed E-state index contributed by atoms with van der Waals surface area (Å²) in [6.07, 6.45) is 0. The van der Waals surface area contributed by atoms with Crippen LogP contribution < -0.4 is 10.6 Å². The number of hydrogen-bond acceptors (Lipinski definition) is 3. The predicted molar refractivity (Wildman–Crippen MR) is 122 cm³/mol. The number of benzene rings is 3. The zero-order valence-corrected chi connectivity index (χ0v) is 17.7. The predicted octanol–water partition coefficient (Wildman–Crippen LogP) is 5.51. The number of hydrogen-bond donors (Lipinski definition) is 2. The van der Waals surface area contributed by atoms with Gasteiger partial charge in [0.2, 0.25) is 0 Å². The Morgan fingerprint density at radius 2 is 1.72 bits per heavy atom. The first kappa shape index (κ1) is 20.8. The van der Waals surface area contributed by atoms with Crippen LogP contribution in [-0.4, -0.2) is 18.2 Å². The lowest BCUT2D eigenvalue weighted by molar-refractivity contribution is 0.0601. The molecule has 148 valence electrons. The second-order valence-electron chi connectivity index (χ2n) is 6.54. The summed E-state index contributed by atoms with van der Waals surface area (Å²) in [4.78, 5) is 11.8. The smallest absolute Gasteiger partial charge is 0.337 e. The average Bonchev–Trinajstić information content (AvgIpc) is 2.73. The Bertz CT molecular complexity index is 1020. The maximum absolute atomic E-state index is 11.8. The van der Waals surface area contributed by atoms with Crippen LogP contribution in [0.3, 0.4) is 0 Å². The van der Waals surface area contributed by atoms with Gasteiger partial charge < -0.3 is 15.4 Å². The Morgan fingerprint density at radius 3 is 2.41 bits per heavy atom. The highest BCUT2D eigenvalue weighted by Gasteiger charge is 2.16. The van der Waals surface area contributed by atoms with E-state index >= 15 is 0 Å². The minimum Gasteiger partial charge on any atom is -0.465 e. The van der Waals surface area contributed by atoms with Crippen LogP contribution in [-0.2, 0) is 4.74 Å². The number of ether oxygens (including phenoxy) is 1. The molecule has 0 heterocycles. The van der Waals surface area contributed by atoms with Gasteiger partial charge in [-0.2, -0.15) is 0 Å². The molecule has 6 heteroatoms. The SMILES string of the molecule is COC(=O)c1ccc(Cl)c(NC(=S)N[C@@H](c2ccccc2)c2cccc(C)c2)c1. The third kappa shape index (κ3) is 5.34. The van der Waals surface area contributed by atoms with E-state index in [0.29, 0.717) is 21.4 Å². The molecule has 0 radical (unpaired) electrons. The van der Waals surface area contributed by atoms with Gasteiger partial charge in [0.15, 0.2) is 5.11 Å². The maximum atomic E-state index is 11.8. The number of nitrogens with one attached hydrogen (secondary N) is 2. The van der Waals surface area contributed by atoms with Crippen molar-refractivity contribution in [2.45, 2.75) is 13.0 Å². The van der Waals surface area contributed by atoms with Crippen molar-refractivity contribution in [3.05, 3.63) is 100 Å². The highest BCUT2D eigenvalue weighted by Crippen LogP contribution is 2.26. The summed E-state index contributed by atoms with van der Waals surface area (Å²) in [6, 6.07) is 23.0. The van der Waals surface area contributed by atoms with E-state index in [1.165, 1.54) is 7.11 Å². The highest BCUT2D eigenvalue weighted by atomic mass is 35.5. The van der Waals surface area contributed by atoms with Crippen molar-refractivity contribution in [2.24, 2.45) is 0 Å². The van der Waals surface area contributed by atoms with E-state index in [1.807, 2.05) is 36.4 Å². The molecule has 0 aromatic heterocycles. The van der Waals surface area contributed by atoms with Gasteiger partial charge in [-0.15, -0.1) is 0 Å². The standard InChI is InChI=1S/C23H21ClN2O2S/c1-15-7-6-10-17(13-15)21(16-8-4-3-5-9-16)26-23(29)25-20-14-18(22(27)28-2)11-12-19(20)24/h3-14,21H,1-2H3,(H2,25,26,29)/t21-/m0/s1. The number of carbonyl (C=O) groups excluding carboxylic acids is 1. The fourth-order valence-electron chi connectivity index (χ4n) is 3.01. The number of anilines is 1. The Kier molecular flexibility index (Phi) is 6.86. The number of methoxy groups -OCH3 is 1. The molecule has 0 aliphatic rings. The molecule has 0 fully saturated rings. The third-order valence-corrected chi connectivity index (χ3v) is 4.97. The van der Waals surface area contributed by atoms with Crippen LogP contribution in [0.2, 0.25) is 5.02 Å². The fourth-order valence-corrected chi connectivity index (χ4v) is 3.40. The first-order valence-electron chi connectivity index (χ1n) is 9.05. The number of esters is 1. The van der Waals surface area contributed by atoms with Gasteiger partial charge in [-0.1, -0.05) is 71.8 Å². The molecule has 0 aliphatic heterocycles. The lowest BCUT2D eigenvalue weighted by atomic mass is 9.97. The van der Waals surface area contributed by atoms with E-state index in [9.17, 15) is 4.79 Å². The van der Waals surface area contributed by atoms with Crippen LogP contribution >= 0.6 is 23.8 Å². The average molecular weight is 425 g/mol. The number of thiocarbonyl (C=S) groups is 1. The van der Waals surface area contributed by atoms with Crippen molar-refractivity contribution in [3.8, 4) is 0 Å². The van der Waals surface area contributed by atoms with Crippen molar-refractivity contribution in [1.29, 1.82) is 0 Å². The zero-order valence-electron chi connectivity index (χ0n) is 16.1. The summed E-state index contributed by atoms with van der Waals surface area (Å²) >= 11 is 11.8. The zero-order chi connectivity index (χ0) is 20.8. The summed E-state index contributed by atoms with van der Waals surface area (Å²) in [5, 5.41) is 7.30. The number of carbonyl (C=O) groups is 1. The van der Waals surface area contributed by atoms with Crippen LogP contribution in [0.25, 0.3) is 0 Å². The molecule has 0 saturated carbocycles. The largest absolute Gasteiger partial charge is 0.465 e. The minimum atomic E-state index is -0.439. The lowest BCUT2D eigenvalue weighted by Crippen LogP contribution is -2.33. The van der Waals surface area contributed by atoms with Crippen molar-refractivity contribution in [3.63, 3.8) is 0 Å². The van der Waals surface area contributed by atoms with Crippen LogP contribution in [0.1, 0.15) is 33.1 Å². The summed E-state index contributed by atoms with van der Waals surface area (Å²) in [5.74, 6) is -0.439. The van der Waals surface area contributed by atoms with Gasteiger partial charge >= 0.3 is 5.97 Å². The van der Waals surface area contributed by atoms with Gasteiger partial charge in [0.25, 0.3) is 0 Å². The lowest BCUT2D eigenvalue weighted by Gasteiger charge is -2.23. The van der Waals surface area contributed by atoms with E-state index in [4.69, 9.17) is 28.6 Å². The van der Waals surface area contributed by atoms with Crippen LogP contribution in [0.5, 0.6) is 0 Å². The summed E-state index contributed by atoms with van der Waals surface area (Å²) in [5.41, 5.74) is 4.26. The molecule has 0 unspecified atom stereocenters. The van der Waals surface area contributed by atoms with Gasteiger partial charge in [-0.3, -0.25) is 0 Å². The molecule has 0 amide bonds. The van der Waals surface area contributed by atoms with Crippen LogP contribution in [0.4, 0.5) is 5.69 Å².